The zero-order valence-corrected chi connectivity index (χ0v) is 11.2. The van der Waals surface area contributed by atoms with Gasteiger partial charge < -0.3 is 4.74 Å². The normalized spacial score (nSPS) is 13.5. The first-order chi connectivity index (χ1) is 10.6. The second-order valence-corrected chi connectivity index (χ2v) is 4.62. The number of fused-ring (bicyclic) bond motifs is 1. The highest BCUT2D eigenvalue weighted by Gasteiger charge is 2.30. The molecule has 0 unspecified atom stereocenters. The molecule has 0 spiro atoms. The van der Waals surface area contributed by atoms with Crippen LogP contribution in [0.5, 0.6) is 5.75 Å². The van der Waals surface area contributed by atoms with E-state index >= 15 is 0 Å². The van der Waals surface area contributed by atoms with E-state index in [1.807, 2.05) is 0 Å². The summed E-state index contributed by atoms with van der Waals surface area (Å²) in [7, 11) is 0. The molecule has 1 aliphatic rings. The summed E-state index contributed by atoms with van der Waals surface area (Å²) in [4.78, 5) is 27.5. The van der Waals surface area contributed by atoms with Gasteiger partial charge in [0.25, 0.3) is 5.91 Å². The van der Waals surface area contributed by atoms with E-state index in [0.717, 1.165) is 12.1 Å². The topological polar surface area (TPSA) is 85.6 Å². The lowest BCUT2D eigenvalue weighted by Gasteiger charge is -2.28. The third-order valence-electron chi connectivity index (χ3n) is 3.21. The van der Waals surface area contributed by atoms with Crippen molar-refractivity contribution in [3.8, 4) is 5.75 Å². The summed E-state index contributed by atoms with van der Waals surface area (Å²) < 4.78 is 18.8. The van der Waals surface area contributed by atoms with E-state index in [4.69, 9.17) is 4.74 Å². The summed E-state index contributed by atoms with van der Waals surface area (Å²) in [5.41, 5.74) is 0.0637. The molecule has 1 aliphatic heterocycles. The lowest BCUT2D eigenvalue weighted by Crippen LogP contribution is -2.38. The third-order valence-corrected chi connectivity index (χ3v) is 3.21. The molecule has 2 aromatic rings. The Morgan fingerprint density at radius 2 is 2.23 bits per heavy atom. The number of carbonyl (C=O) groups excluding carboxylic acids is 1. The van der Waals surface area contributed by atoms with E-state index < -0.39 is 16.4 Å². The van der Waals surface area contributed by atoms with Crippen LogP contribution < -0.4 is 9.64 Å². The van der Waals surface area contributed by atoms with Crippen LogP contribution in [0.25, 0.3) is 0 Å². The van der Waals surface area contributed by atoms with Crippen molar-refractivity contribution in [2.24, 2.45) is 0 Å². The Hall–Kier alpha value is -3.03. The van der Waals surface area contributed by atoms with Gasteiger partial charge in [-0.05, 0) is 12.1 Å². The van der Waals surface area contributed by atoms with Crippen LogP contribution in [-0.4, -0.2) is 22.4 Å². The Balaban J connectivity index is 2.04. The zero-order chi connectivity index (χ0) is 15.7. The number of nitro groups is 1. The summed E-state index contributed by atoms with van der Waals surface area (Å²) in [5, 5.41) is 10.9. The summed E-state index contributed by atoms with van der Waals surface area (Å²) in [6.07, 6.45) is 1.58. The first kappa shape index (κ1) is 13.9. The van der Waals surface area contributed by atoms with Crippen molar-refractivity contribution < 1.29 is 18.8 Å². The molecule has 112 valence electrons. The number of carbonyl (C=O) groups is 1. The second kappa shape index (κ2) is 5.40. The van der Waals surface area contributed by atoms with Gasteiger partial charge in [0.05, 0.1) is 22.8 Å². The summed E-state index contributed by atoms with van der Waals surface area (Å²) in [6, 6.07) is 7.15. The molecule has 0 saturated heterocycles. The van der Waals surface area contributed by atoms with Crippen molar-refractivity contribution >= 4 is 17.3 Å². The monoisotopic (exact) mass is 303 g/mol. The zero-order valence-electron chi connectivity index (χ0n) is 11.2. The number of halogens is 1. The van der Waals surface area contributed by atoms with Crippen molar-refractivity contribution in [1.82, 2.24) is 4.98 Å². The fraction of sp³-hybridized carbons (Fsp3) is 0.143. The van der Waals surface area contributed by atoms with E-state index in [1.54, 1.807) is 24.4 Å². The smallest absolute Gasteiger partial charge is 0.307 e. The number of aromatic nitrogens is 1. The van der Waals surface area contributed by atoms with Crippen molar-refractivity contribution in [3.05, 3.63) is 58.2 Å². The molecule has 1 aromatic carbocycles. The van der Waals surface area contributed by atoms with Crippen LogP contribution >= 0.6 is 0 Å². The van der Waals surface area contributed by atoms with Crippen LogP contribution in [0.1, 0.15) is 5.69 Å². The summed E-state index contributed by atoms with van der Waals surface area (Å²) >= 11 is 0. The second-order valence-electron chi connectivity index (χ2n) is 4.62. The van der Waals surface area contributed by atoms with E-state index in [2.05, 4.69) is 4.98 Å². The Morgan fingerprint density at radius 1 is 1.41 bits per heavy atom. The van der Waals surface area contributed by atoms with Gasteiger partial charge in [-0.3, -0.25) is 24.8 Å². The van der Waals surface area contributed by atoms with Gasteiger partial charge in [-0.2, -0.15) is 4.39 Å². The van der Waals surface area contributed by atoms with Crippen LogP contribution in [0.2, 0.25) is 0 Å². The SMILES string of the molecule is O=C1COc2cc(F)c([N+](=O)[O-])cc2N1Cc1ccccn1. The van der Waals surface area contributed by atoms with Crippen LogP contribution in [0.15, 0.2) is 36.5 Å². The molecule has 0 fully saturated rings. The maximum absolute atomic E-state index is 13.6. The Morgan fingerprint density at radius 3 is 2.91 bits per heavy atom. The number of amides is 1. The molecular formula is C14H10FN3O4. The molecule has 22 heavy (non-hydrogen) atoms. The molecule has 7 nitrogen and oxygen atoms in total. The molecule has 0 bridgehead atoms. The average Bonchev–Trinajstić information content (AvgIpc) is 2.50. The Labute approximate surface area is 124 Å². The maximum Gasteiger partial charge on any atom is 0.307 e. The molecule has 8 heteroatoms. The van der Waals surface area contributed by atoms with Crippen molar-refractivity contribution in [2.75, 3.05) is 11.5 Å². The molecule has 0 radical (unpaired) electrons. The van der Waals surface area contributed by atoms with Crippen LogP contribution in [0.4, 0.5) is 15.8 Å². The number of ether oxygens (including phenoxy) is 1. The molecule has 0 aliphatic carbocycles. The number of hydrogen-bond donors (Lipinski definition) is 0. The molecule has 1 aromatic heterocycles. The first-order valence-electron chi connectivity index (χ1n) is 6.37. The van der Waals surface area contributed by atoms with Crippen molar-refractivity contribution in [3.63, 3.8) is 0 Å². The standard InChI is InChI=1S/C14H10FN3O4/c15-10-5-13-12(6-11(10)18(20)21)17(14(19)8-22-13)7-9-3-1-2-4-16-9/h1-6H,7-8H2. The number of benzene rings is 1. The minimum Gasteiger partial charge on any atom is -0.481 e. The molecule has 0 N–H and O–H groups in total. The van der Waals surface area contributed by atoms with E-state index in [0.29, 0.717) is 5.69 Å². The van der Waals surface area contributed by atoms with Gasteiger partial charge in [-0.25, -0.2) is 0 Å². The van der Waals surface area contributed by atoms with E-state index in [9.17, 15) is 19.3 Å². The first-order valence-corrected chi connectivity index (χ1v) is 6.37. The van der Waals surface area contributed by atoms with Gasteiger partial charge in [-0.1, -0.05) is 6.07 Å². The quantitative estimate of drug-likeness (QED) is 0.640. The van der Waals surface area contributed by atoms with Crippen molar-refractivity contribution in [2.45, 2.75) is 6.54 Å². The molecule has 2 heterocycles. The van der Waals surface area contributed by atoms with Crippen molar-refractivity contribution in [1.29, 1.82) is 0 Å². The molecular weight excluding hydrogens is 293 g/mol. The van der Waals surface area contributed by atoms with Gasteiger partial charge in [0.2, 0.25) is 5.82 Å². The number of hydrogen-bond acceptors (Lipinski definition) is 5. The van der Waals surface area contributed by atoms with Gasteiger partial charge in [0.1, 0.15) is 5.75 Å². The lowest BCUT2D eigenvalue weighted by atomic mass is 10.2. The van der Waals surface area contributed by atoms with E-state index in [1.165, 1.54) is 4.90 Å². The molecule has 0 saturated carbocycles. The number of pyridine rings is 1. The fourth-order valence-corrected chi connectivity index (χ4v) is 2.18. The highest BCUT2D eigenvalue weighted by Crippen LogP contribution is 2.37. The van der Waals surface area contributed by atoms with Crippen LogP contribution in [-0.2, 0) is 11.3 Å². The largest absolute Gasteiger partial charge is 0.481 e. The average molecular weight is 303 g/mol. The van der Waals surface area contributed by atoms with Gasteiger partial charge >= 0.3 is 5.69 Å². The van der Waals surface area contributed by atoms with Gasteiger partial charge in [-0.15, -0.1) is 0 Å². The van der Waals surface area contributed by atoms with Crippen LogP contribution in [0.3, 0.4) is 0 Å². The van der Waals surface area contributed by atoms with Gasteiger partial charge in [0.15, 0.2) is 6.61 Å². The molecule has 0 atom stereocenters. The Kier molecular flexibility index (Phi) is 3.42. The predicted molar refractivity (Wildman–Crippen MR) is 74.0 cm³/mol. The molecule has 3 rings (SSSR count). The lowest BCUT2D eigenvalue weighted by molar-refractivity contribution is -0.387. The summed E-state index contributed by atoms with van der Waals surface area (Å²) in [6.45, 7) is -0.129. The third kappa shape index (κ3) is 2.46. The maximum atomic E-state index is 13.6. The summed E-state index contributed by atoms with van der Waals surface area (Å²) in [5.74, 6) is -1.28. The number of nitrogens with zero attached hydrogens (tertiary/aromatic N) is 3. The van der Waals surface area contributed by atoms with Crippen LogP contribution in [0, 0.1) is 15.9 Å². The number of anilines is 1. The highest BCUT2D eigenvalue weighted by atomic mass is 19.1. The predicted octanol–water partition coefficient (Wildman–Crippen LogP) is 2.05. The number of nitro benzene ring substituents is 1. The highest BCUT2D eigenvalue weighted by molar-refractivity contribution is 5.98. The Bertz CT molecular complexity index is 751. The number of rotatable bonds is 3. The minimum absolute atomic E-state index is 0.0960. The van der Waals surface area contributed by atoms with E-state index in [-0.39, 0.29) is 30.5 Å². The fourth-order valence-electron chi connectivity index (χ4n) is 2.18. The minimum atomic E-state index is -1.00. The van der Waals surface area contributed by atoms with Gasteiger partial charge in [0, 0.05) is 18.3 Å². The molecule has 1 amide bonds.